The van der Waals surface area contributed by atoms with Crippen LogP contribution in [0.1, 0.15) is 12.5 Å². The molecule has 1 aliphatic heterocycles. The lowest BCUT2D eigenvalue weighted by molar-refractivity contribution is -0.133. The van der Waals surface area contributed by atoms with E-state index < -0.39 is 47.4 Å². The monoisotopic (exact) mass is 377 g/mol. The lowest BCUT2D eigenvalue weighted by atomic mass is 9.91. The molecule has 1 atom stereocenters. The third-order valence-electron chi connectivity index (χ3n) is 4.15. The van der Waals surface area contributed by atoms with Crippen LogP contribution in [0.25, 0.3) is 0 Å². The van der Waals surface area contributed by atoms with Crippen molar-refractivity contribution in [1.82, 2.24) is 10.2 Å². The van der Waals surface area contributed by atoms with Crippen molar-refractivity contribution in [2.45, 2.75) is 12.5 Å². The summed E-state index contributed by atoms with van der Waals surface area (Å²) in [5.74, 6) is -3.90. The third-order valence-corrected chi connectivity index (χ3v) is 4.15. The molecule has 0 bridgehead atoms. The van der Waals surface area contributed by atoms with E-state index >= 15 is 0 Å². The fourth-order valence-electron chi connectivity index (χ4n) is 2.81. The standard InChI is InChI=1S/C18H14F3N3O3/c1-18(13-8-11(20)5-6-14(13)21)16(26)24(17(27)23-18)9-15(25)22-12-4-2-3-10(19)7-12/h2-8H,9H2,1H3,(H,22,25)(H,23,27)/t18-/m0/s1. The predicted molar refractivity (Wildman–Crippen MR) is 89.0 cm³/mol. The highest BCUT2D eigenvalue weighted by Gasteiger charge is 2.50. The first-order chi connectivity index (χ1) is 12.7. The number of benzene rings is 2. The fraction of sp³-hybridized carbons (Fsp3) is 0.167. The van der Waals surface area contributed by atoms with Gasteiger partial charge in [-0.2, -0.15) is 0 Å². The minimum Gasteiger partial charge on any atom is -0.324 e. The largest absolute Gasteiger partial charge is 0.325 e. The first kappa shape index (κ1) is 18.4. The van der Waals surface area contributed by atoms with Crippen molar-refractivity contribution in [3.05, 3.63) is 65.5 Å². The Morgan fingerprint density at radius 3 is 2.52 bits per heavy atom. The van der Waals surface area contributed by atoms with Crippen molar-refractivity contribution in [1.29, 1.82) is 0 Å². The Morgan fingerprint density at radius 1 is 1.11 bits per heavy atom. The number of hydrogen-bond donors (Lipinski definition) is 2. The number of urea groups is 1. The van der Waals surface area contributed by atoms with Gasteiger partial charge in [-0.3, -0.25) is 14.5 Å². The van der Waals surface area contributed by atoms with Crippen LogP contribution in [0.4, 0.5) is 23.7 Å². The molecule has 1 heterocycles. The van der Waals surface area contributed by atoms with Gasteiger partial charge in [-0.25, -0.2) is 18.0 Å². The van der Waals surface area contributed by atoms with Crippen LogP contribution in [-0.4, -0.2) is 29.3 Å². The van der Waals surface area contributed by atoms with Gasteiger partial charge in [-0.05, 0) is 43.3 Å². The first-order valence-electron chi connectivity index (χ1n) is 7.86. The number of nitrogens with zero attached hydrogens (tertiary/aromatic N) is 1. The minimum atomic E-state index is -1.86. The van der Waals surface area contributed by atoms with E-state index in [-0.39, 0.29) is 11.3 Å². The van der Waals surface area contributed by atoms with Crippen molar-refractivity contribution in [3.8, 4) is 0 Å². The fourth-order valence-corrected chi connectivity index (χ4v) is 2.81. The second-order valence-electron chi connectivity index (χ2n) is 6.13. The van der Waals surface area contributed by atoms with Gasteiger partial charge in [-0.1, -0.05) is 6.07 Å². The summed E-state index contributed by atoms with van der Waals surface area (Å²) in [6, 6.07) is 6.66. The smallest absolute Gasteiger partial charge is 0.324 e. The van der Waals surface area contributed by atoms with Gasteiger partial charge >= 0.3 is 6.03 Å². The molecule has 1 saturated heterocycles. The molecule has 0 aromatic heterocycles. The van der Waals surface area contributed by atoms with Crippen molar-refractivity contribution in [2.75, 3.05) is 11.9 Å². The number of imide groups is 1. The van der Waals surface area contributed by atoms with Crippen molar-refractivity contribution in [2.24, 2.45) is 0 Å². The summed E-state index contributed by atoms with van der Waals surface area (Å²) in [5, 5.41) is 4.64. The molecule has 4 amide bonds. The van der Waals surface area contributed by atoms with Gasteiger partial charge in [0.25, 0.3) is 5.91 Å². The van der Waals surface area contributed by atoms with E-state index in [2.05, 4.69) is 10.6 Å². The Balaban J connectivity index is 1.79. The van der Waals surface area contributed by atoms with Crippen LogP contribution in [0.5, 0.6) is 0 Å². The zero-order valence-electron chi connectivity index (χ0n) is 14.1. The lowest BCUT2D eigenvalue weighted by Gasteiger charge is -2.22. The molecule has 0 aliphatic carbocycles. The number of carbonyl (C=O) groups is 3. The summed E-state index contributed by atoms with van der Waals surface area (Å²) < 4.78 is 40.7. The normalized spacial score (nSPS) is 19.2. The highest BCUT2D eigenvalue weighted by atomic mass is 19.1. The Bertz CT molecular complexity index is 950. The maximum absolute atomic E-state index is 14.1. The van der Waals surface area contributed by atoms with Gasteiger partial charge in [0.05, 0.1) is 0 Å². The van der Waals surface area contributed by atoms with Gasteiger partial charge in [0, 0.05) is 11.3 Å². The topological polar surface area (TPSA) is 78.5 Å². The molecule has 1 fully saturated rings. The van der Waals surface area contributed by atoms with Crippen LogP contribution in [0, 0.1) is 17.5 Å². The molecular weight excluding hydrogens is 363 g/mol. The van der Waals surface area contributed by atoms with Crippen LogP contribution >= 0.6 is 0 Å². The van der Waals surface area contributed by atoms with Gasteiger partial charge in [-0.15, -0.1) is 0 Å². The second kappa shape index (κ2) is 6.75. The second-order valence-corrected chi connectivity index (χ2v) is 6.13. The molecule has 9 heteroatoms. The van der Waals surface area contributed by atoms with Crippen molar-refractivity contribution in [3.63, 3.8) is 0 Å². The highest BCUT2D eigenvalue weighted by molar-refractivity contribution is 6.10. The molecular formula is C18H14F3N3O3. The molecule has 0 unspecified atom stereocenters. The molecule has 0 radical (unpaired) electrons. The summed E-state index contributed by atoms with van der Waals surface area (Å²) in [6.07, 6.45) is 0. The van der Waals surface area contributed by atoms with E-state index in [0.29, 0.717) is 4.90 Å². The molecule has 2 aromatic rings. The number of anilines is 1. The Kier molecular flexibility index (Phi) is 4.61. The summed E-state index contributed by atoms with van der Waals surface area (Å²) in [4.78, 5) is 37.5. The maximum atomic E-state index is 14.1. The van der Waals surface area contributed by atoms with Crippen molar-refractivity contribution < 1.29 is 27.6 Å². The van der Waals surface area contributed by atoms with E-state index in [1.807, 2.05) is 0 Å². The van der Waals surface area contributed by atoms with Gasteiger partial charge < -0.3 is 10.6 Å². The summed E-state index contributed by atoms with van der Waals surface area (Å²) >= 11 is 0. The van der Waals surface area contributed by atoms with E-state index in [4.69, 9.17) is 0 Å². The minimum absolute atomic E-state index is 0.144. The van der Waals surface area contributed by atoms with Gasteiger partial charge in [0.2, 0.25) is 5.91 Å². The molecule has 3 rings (SSSR count). The Hall–Kier alpha value is -3.36. The molecule has 2 aromatic carbocycles. The number of halogens is 3. The number of hydrogen-bond acceptors (Lipinski definition) is 3. The molecule has 0 saturated carbocycles. The average Bonchev–Trinajstić information content (AvgIpc) is 2.81. The van der Waals surface area contributed by atoms with E-state index in [9.17, 15) is 27.6 Å². The van der Waals surface area contributed by atoms with E-state index in [1.54, 1.807) is 0 Å². The van der Waals surface area contributed by atoms with Crippen LogP contribution in [0.15, 0.2) is 42.5 Å². The highest BCUT2D eigenvalue weighted by Crippen LogP contribution is 2.31. The van der Waals surface area contributed by atoms with E-state index in [0.717, 1.165) is 24.3 Å². The molecule has 0 spiro atoms. The SMILES string of the molecule is C[C@@]1(c2cc(F)ccc2F)NC(=O)N(CC(=O)Nc2cccc(F)c2)C1=O. The van der Waals surface area contributed by atoms with Crippen LogP contribution < -0.4 is 10.6 Å². The summed E-state index contributed by atoms with van der Waals surface area (Å²) in [5.41, 5.74) is -2.07. The predicted octanol–water partition coefficient (Wildman–Crippen LogP) is 2.51. The maximum Gasteiger partial charge on any atom is 0.325 e. The Labute approximate surface area is 152 Å². The number of amides is 4. The van der Waals surface area contributed by atoms with Crippen LogP contribution in [0.3, 0.4) is 0 Å². The van der Waals surface area contributed by atoms with E-state index in [1.165, 1.54) is 25.1 Å². The van der Waals surface area contributed by atoms with Gasteiger partial charge in [0.15, 0.2) is 0 Å². The first-order valence-corrected chi connectivity index (χ1v) is 7.86. The zero-order chi connectivity index (χ0) is 19.8. The molecule has 27 heavy (non-hydrogen) atoms. The van der Waals surface area contributed by atoms with Crippen LogP contribution in [-0.2, 0) is 15.1 Å². The summed E-state index contributed by atoms with van der Waals surface area (Å²) in [7, 11) is 0. The molecule has 1 aliphatic rings. The quantitative estimate of drug-likeness (QED) is 0.804. The molecule has 6 nitrogen and oxygen atoms in total. The third kappa shape index (κ3) is 3.48. The van der Waals surface area contributed by atoms with Crippen molar-refractivity contribution >= 4 is 23.5 Å². The Morgan fingerprint density at radius 2 is 1.81 bits per heavy atom. The van der Waals surface area contributed by atoms with Crippen LogP contribution in [0.2, 0.25) is 0 Å². The molecule has 2 N–H and O–H groups in total. The number of nitrogens with one attached hydrogen (secondary N) is 2. The number of rotatable bonds is 4. The zero-order valence-corrected chi connectivity index (χ0v) is 14.1. The number of carbonyl (C=O) groups excluding carboxylic acids is 3. The van der Waals surface area contributed by atoms with Gasteiger partial charge in [0.1, 0.15) is 29.5 Å². The summed E-state index contributed by atoms with van der Waals surface area (Å²) in [6.45, 7) is 0.545. The lowest BCUT2D eigenvalue weighted by Crippen LogP contribution is -2.42. The average molecular weight is 377 g/mol. The molecule has 140 valence electrons.